The summed E-state index contributed by atoms with van der Waals surface area (Å²) < 4.78 is 0. The molecule has 1 aliphatic rings. The van der Waals surface area contributed by atoms with E-state index in [0.717, 1.165) is 25.7 Å². The number of hydrogen-bond acceptors (Lipinski definition) is 1. The van der Waals surface area contributed by atoms with Crippen LogP contribution in [0.4, 0.5) is 0 Å². The van der Waals surface area contributed by atoms with E-state index in [9.17, 15) is 4.79 Å². The predicted molar refractivity (Wildman–Crippen MR) is 90.4 cm³/mol. The second kappa shape index (κ2) is 6.97. The third kappa shape index (κ3) is 3.69. The molecule has 114 valence electrons. The predicted octanol–water partition coefficient (Wildman–Crippen LogP) is 4.80. The quantitative estimate of drug-likeness (QED) is 0.866. The maximum Gasteiger partial charge on any atom is 0.251 e. The van der Waals surface area contributed by atoms with Gasteiger partial charge in [-0.15, -0.1) is 0 Å². The lowest BCUT2D eigenvalue weighted by Crippen LogP contribution is -2.37. The molecule has 0 bridgehead atoms. The van der Waals surface area contributed by atoms with Gasteiger partial charge in [0.05, 0.1) is 0 Å². The molecule has 0 heterocycles. The van der Waals surface area contributed by atoms with Gasteiger partial charge in [-0.2, -0.15) is 0 Å². The van der Waals surface area contributed by atoms with Crippen LogP contribution in [0, 0.1) is 0 Å². The minimum Gasteiger partial charge on any atom is -0.349 e. The molecule has 0 atom stereocenters. The Morgan fingerprint density at radius 3 is 2.18 bits per heavy atom. The maximum absolute atomic E-state index is 12.2. The third-order valence-corrected chi connectivity index (χ3v) is 4.69. The molecule has 1 N–H and O–H groups in total. The summed E-state index contributed by atoms with van der Waals surface area (Å²) in [6, 6.07) is 18.0. The Kier molecular flexibility index (Phi) is 4.79. The summed E-state index contributed by atoms with van der Waals surface area (Å²) in [5.74, 6) is 0.629. The molecule has 2 aromatic carbocycles. The van der Waals surface area contributed by atoms with Crippen LogP contribution in [0.15, 0.2) is 54.6 Å². The summed E-state index contributed by atoms with van der Waals surface area (Å²) in [6.45, 7) is 0. The van der Waals surface area contributed by atoms with Crippen LogP contribution < -0.4 is 5.32 Å². The van der Waals surface area contributed by atoms with Gasteiger partial charge in [0.1, 0.15) is 0 Å². The van der Waals surface area contributed by atoms with Crippen LogP contribution >= 0.6 is 11.6 Å². The normalized spacial score (nSPS) is 21.3. The van der Waals surface area contributed by atoms with Crippen LogP contribution in [-0.2, 0) is 0 Å². The van der Waals surface area contributed by atoms with E-state index in [-0.39, 0.29) is 11.9 Å². The lowest BCUT2D eigenvalue weighted by atomic mass is 9.82. The van der Waals surface area contributed by atoms with Crippen LogP contribution in [0.25, 0.3) is 0 Å². The van der Waals surface area contributed by atoms with E-state index in [0.29, 0.717) is 16.5 Å². The van der Waals surface area contributed by atoms with Crippen molar-refractivity contribution in [2.24, 2.45) is 0 Å². The van der Waals surface area contributed by atoms with E-state index in [1.165, 1.54) is 5.56 Å². The van der Waals surface area contributed by atoms with E-state index in [1.54, 1.807) is 24.3 Å². The molecule has 2 aromatic rings. The van der Waals surface area contributed by atoms with Gasteiger partial charge in [-0.25, -0.2) is 0 Å². The number of benzene rings is 2. The standard InChI is InChI=1S/C19H20ClNO/c20-17-10-6-16(7-11-17)19(22)21-18-12-8-15(9-13-18)14-4-2-1-3-5-14/h1-7,10-11,15,18H,8-9,12-13H2,(H,21,22). The van der Waals surface area contributed by atoms with Crippen molar-refractivity contribution in [1.82, 2.24) is 5.32 Å². The highest BCUT2D eigenvalue weighted by Gasteiger charge is 2.23. The minimum atomic E-state index is -0.000159. The maximum atomic E-state index is 12.2. The molecule has 1 aliphatic carbocycles. The van der Waals surface area contributed by atoms with Gasteiger partial charge in [-0.3, -0.25) is 4.79 Å². The molecule has 1 fully saturated rings. The largest absolute Gasteiger partial charge is 0.349 e. The van der Waals surface area contributed by atoms with E-state index in [4.69, 9.17) is 11.6 Å². The van der Waals surface area contributed by atoms with Gasteiger partial charge in [0.25, 0.3) is 5.91 Å². The number of nitrogens with one attached hydrogen (secondary N) is 1. The molecule has 0 saturated heterocycles. The Morgan fingerprint density at radius 1 is 0.909 bits per heavy atom. The smallest absolute Gasteiger partial charge is 0.251 e. The van der Waals surface area contributed by atoms with Gasteiger partial charge in [0, 0.05) is 16.6 Å². The molecule has 0 aliphatic heterocycles. The monoisotopic (exact) mass is 313 g/mol. The molecule has 1 saturated carbocycles. The number of carbonyl (C=O) groups excluding carboxylic acids is 1. The Balaban J connectivity index is 1.53. The zero-order valence-corrected chi connectivity index (χ0v) is 13.2. The fourth-order valence-electron chi connectivity index (χ4n) is 3.17. The van der Waals surface area contributed by atoms with Crippen molar-refractivity contribution in [2.45, 2.75) is 37.6 Å². The average molecular weight is 314 g/mol. The first kappa shape index (κ1) is 15.1. The lowest BCUT2D eigenvalue weighted by Gasteiger charge is -2.29. The average Bonchev–Trinajstić information content (AvgIpc) is 2.57. The van der Waals surface area contributed by atoms with E-state index in [1.807, 2.05) is 0 Å². The van der Waals surface area contributed by atoms with Crippen LogP contribution in [0.2, 0.25) is 5.02 Å². The topological polar surface area (TPSA) is 29.1 Å². The van der Waals surface area contributed by atoms with Crippen molar-refractivity contribution < 1.29 is 4.79 Å². The van der Waals surface area contributed by atoms with Gasteiger partial charge in [0.15, 0.2) is 0 Å². The highest BCUT2D eigenvalue weighted by Crippen LogP contribution is 2.32. The van der Waals surface area contributed by atoms with Crippen LogP contribution in [-0.4, -0.2) is 11.9 Å². The van der Waals surface area contributed by atoms with Crippen LogP contribution in [0.5, 0.6) is 0 Å². The van der Waals surface area contributed by atoms with E-state index in [2.05, 4.69) is 35.6 Å². The van der Waals surface area contributed by atoms with Crippen molar-refractivity contribution in [3.05, 3.63) is 70.7 Å². The highest BCUT2D eigenvalue weighted by molar-refractivity contribution is 6.30. The SMILES string of the molecule is O=C(NC1CCC(c2ccccc2)CC1)c1ccc(Cl)cc1. The zero-order chi connectivity index (χ0) is 15.4. The number of halogens is 1. The zero-order valence-electron chi connectivity index (χ0n) is 12.5. The Morgan fingerprint density at radius 2 is 1.55 bits per heavy atom. The second-order valence-electron chi connectivity index (χ2n) is 5.94. The van der Waals surface area contributed by atoms with Crippen molar-refractivity contribution in [1.29, 1.82) is 0 Å². The molecule has 3 rings (SSSR count). The summed E-state index contributed by atoms with van der Waals surface area (Å²) >= 11 is 5.85. The highest BCUT2D eigenvalue weighted by atomic mass is 35.5. The summed E-state index contributed by atoms with van der Waals surface area (Å²) in [7, 11) is 0. The van der Waals surface area contributed by atoms with Gasteiger partial charge in [-0.05, 0) is 61.4 Å². The first-order valence-electron chi connectivity index (χ1n) is 7.84. The van der Waals surface area contributed by atoms with Crippen molar-refractivity contribution >= 4 is 17.5 Å². The first-order valence-corrected chi connectivity index (χ1v) is 8.21. The van der Waals surface area contributed by atoms with Crippen molar-refractivity contribution in [3.8, 4) is 0 Å². The number of hydrogen-bond donors (Lipinski definition) is 1. The Hall–Kier alpha value is -1.80. The van der Waals surface area contributed by atoms with Gasteiger partial charge in [0.2, 0.25) is 0 Å². The summed E-state index contributed by atoms with van der Waals surface area (Å²) in [4.78, 5) is 12.2. The van der Waals surface area contributed by atoms with Crippen LogP contribution in [0.3, 0.4) is 0 Å². The molecule has 22 heavy (non-hydrogen) atoms. The number of amides is 1. The van der Waals surface area contributed by atoms with Crippen molar-refractivity contribution in [2.75, 3.05) is 0 Å². The molecule has 3 heteroatoms. The number of rotatable bonds is 3. The van der Waals surface area contributed by atoms with Gasteiger partial charge < -0.3 is 5.32 Å². The molecule has 0 radical (unpaired) electrons. The fourth-order valence-corrected chi connectivity index (χ4v) is 3.29. The first-order chi connectivity index (χ1) is 10.7. The Labute approximate surface area is 136 Å². The molecular weight excluding hydrogens is 294 g/mol. The lowest BCUT2D eigenvalue weighted by molar-refractivity contribution is 0.0926. The van der Waals surface area contributed by atoms with E-state index < -0.39 is 0 Å². The molecule has 1 amide bonds. The second-order valence-corrected chi connectivity index (χ2v) is 6.38. The number of carbonyl (C=O) groups is 1. The fraction of sp³-hybridized carbons (Fsp3) is 0.316. The van der Waals surface area contributed by atoms with Gasteiger partial charge in [-0.1, -0.05) is 41.9 Å². The van der Waals surface area contributed by atoms with Crippen molar-refractivity contribution in [3.63, 3.8) is 0 Å². The third-order valence-electron chi connectivity index (χ3n) is 4.44. The summed E-state index contributed by atoms with van der Waals surface area (Å²) in [5.41, 5.74) is 2.10. The summed E-state index contributed by atoms with van der Waals surface area (Å²) in [5, 5.41) is 3.80. The van der Waals surface area contributed by atoms with Crippen LogP contribution in [0.1, 0.15) is 47.5 Å². The Bertz CT molecular complexity index is 616. The molecule has 0 spiro atoms. The summed E-state index contributed by atoms with van der Waals surface area (Å²) in [6.07, 6.45) is 4.35. The van der Waals surface area contributed by atoms with E-state index >= 15 is 0 Å². The molecule has 0 aromatic heterocycles. The van der Waals surface area contributed by atoms with Gasteiger partial charge >= 0.3 is 0 Å². The molecule has 0 unspecified atom stereocenters. The minimum absolute atomic E-state index is 0.000159. The molecular formula is C19H20ClNO. The molecule has 2 nitrogen and oxygen atoms in total.